The minimum atomic E-state index is -0.193. The Morgan fingerprint density at radius 3 is 2.27 bits per heavy atom. The molecular weight excluding hydrogens is 404 g/mol. The van der Waals surface area contributed by atoms with Gasteiger partial charge in [-0.25, -0.2) is 4.79 Å². The first-order valence-corrected chi connectivity index (χ1v) is 10.3. The molecule has 0 aliphatic carbocycles. The van der Waals surface area contributed by atoms with E-state index in [-0.39, 0.29) is 30.8 Å². The highest BCUT2D eigenvalue weighted by molar-refractivity contribution is 6.30. The number of urea groups is 1. The maximum Gasteiger partial charge on any atom is 0.321 e. The number of carbonyl (C=O) groups excluding carboxylic acids is 3. The van der Waals surface area contributed by atoms with Gasteiger partial charge in [0.05, 0.1) is 0 Å². The summed E-state index contributed by atoms with van der Waals surface area (Å²) in [5.74, 6) is -0.215. The van der Waals surface area contributed by atoms with Crippen molar-refractivity contribution in [2.45, 2.75) is 12.8 Å². The largest absolute Gasteiger partial charge is 0.352 e. The molecule has 0 atom stereocenters. The molecule has 0 saturated carbocycles. The summed E-state index contributed by atoms with van der Waals surface area (Å²) >= 11 is 5.87. The van der Waals surface area contributed by atoms with Gasteiger partial charge in [-0.1, -0.05) is 29.8 Å². The highest BCUT2D eigenvalue weighted by Gasteiger charge is 2.22. The molecule has 8 heteroatoms. The summed E-state index contributed by atoms with van der Waals surface area (Å²) in [6, 6.07) is 15.6. The molecule has 0 radical (unpaired) electrons. The highest BCUT2D eigenvalue weighted by Crippen LogP contribution is 2.14. The van der Waals surface area contributed by atoms with Crippen LogP contribution in [0.2, 0.25) is 5.02 Å². The van der Waals surface area contributed by atoms with Crippen LogP contribution in [0.4, 0.5) is 10.5 Å². The van der Waals surface area contributed by atoms with Crippen molar-refractivity contribution < 1.29 is 14.4 Å². The molecule has 2 N–H and O–H groups in total. The molecule has 30 heavy (non-hydrogen) atoms. The van der Waals surface area contributed by atoms with E-state index in [1.807, 2.05) is 6.07 Å². The molecule has 1 aliphatic heterocycles. The summed E-state index contributed by atoms with van der Waals surface area (Å²) in [6.45, 7) is 2.38. The van der Waals surface area contributed by atoms with Crippen LogP contribution in [-0.2, 0) is 4.79 Å². The Bertz CT molecular complexity index is 874. The van der Waals surface area contributed by atoms with E-state index >= 15 is 0 Å². The normalized spacial score (nSPS) is 14.0. The Morgan fingerprint density at radius 1 is 0.867 bits per heavy atom. The van der Waals surface area contributed by atoms with Crippen molar-refractivity contribution in [3.63, 3.8) is 0 Å². The highest BCUT2D eigenvalue weighted by atomic mass is 35.5. The number of hydrogen-bond donors (Lipinski definition) is 2. The number of halogens is 1. The molecule has 0 spiro atoms. The van der Waals surface area contributed by atoms with E-state index in [4.69, 9.17) is 11.6 Å². The second kappa shape index (κ2) is 10.6. The molecule has 1 fully saturated rings. The topological polar surface area (TPSA) is 81.8 Å². The van der Waals surface area contributed by atoms with Crippen LogP contribution >= 0.6 is 11.6 Å². The van der Waals surface area contributed by atoms with Crippen LogP contribution in [0.25, 0.3) is 0 Å². The Hall–Kier alpha value is -3.06. The molecule has 2 aromatic carbocycles. The SMILES string of the molecule is O=C(NCCC(=O)N1CCCN(C(=O)Nc2ccc(Cl)cc2)CC1)c1ccccc1. The van der Waals surface area contributed by atoms with E-state index in [2.05, 4.69) is 10.6 Å². The van der Waals surface area contributed by atoms with Gasteiger partial charge < -0.3 is 20.4 Å². The fraction of sp³-hybridized carbons (Fsp3) is 0.318. The summed E-state index contributed by atoms with van der Waals surface area (Å²) in [5, 5.41) is 6.23. The summed E-state index contributed by atoms with van der Waals surface area (Å²) in [5.41, 5.74) is 1.25. The summed E-state index contributed by atoms with van der Waals surface area (Å²) in [6.07, 6.45) is 0.936. The number of anilines is 1. The number of carbonyl (C=O) groups is 3. The molecule has 2 aromatic rings. The molecule has 4 amide bonds. The fourth-order valence-electron chi connectivity index (χ4n) is 3.24. The standard InChI is InChI=1S/C22H25ClN4O3/c23-18-7-9-19(10-8-18)25-22(30)27-14-4-13-26(15-16-27)20(28)11-12-24-21(29)17-5-2-1-3-6-17/h1-3,5-10H,4,11-16H2,(H,24,29)(H,25,30). The van der Waals surface area contributed by atoms with Crippen LogP contribution < -0.4 is 10.6 Å². The molecule has 158 valence electrons. The summed E-state index contributed by atoms with van der Waals surface area (Å²) in [7, 11) is 0. The average molecular weight is 429 g/mol. The lowest BCUT2D eigenvalue weighted by Gasteiger charge is -2.22. The lowest BCUT2D eigenvalue weighted by Crippen LogP contribution is -2.40. The first kappa shape index (κ1) is 21.6. The van der Waals surface area contributed by atoms with Gasteiger partial charge in [0.25, 0.3) is 5.91 Å². The predicted octanol–water partition coefficient (Wildman–Crippen LogP) is 3.23. The molecule has 1 aliphatic rings. The van der Waals surface area contributed by atoms with Crippen LogP contribution in [0.3, 0.4) is 0 Å². The van der Waals surface area contributed by atoms with Crippen molar-refractivity contribution in [2.75, 3.05) is 38.0 Å². The van der Waals surface area contributed by atoms with Crippen LogP contribution in [0.1, 0.15) is 23.2 Å². The van der Waals surface area contributed by atoms with Crippen molar-refractivity contribution in [3.8, 4) is 0 Å². The second-order valence-electron chi connectivity index (χ2n) is 7.03. The van der Waals surface area contributed by atoms with Gasteiger partial charge in [-0.15, -0.1) is 0 Å². The van der Waals surface area contributed by atoms with E-state index in [1.165, 1.54) is 0 Å². The Morgan fingerprint density at radius 2 is 1.53 bits per heavy atom. The summed E-state index contributed by atoms with van der Waals surface area (Å²) in [4.78, 5) is 40.5. The third-order valence-corrected chi connectivity index (χ3v) is 5.14. The van der Waals surface area contributed by atoms with E-state index in [0.29, 0.717) is 48.9 Å². The quantitative estimate of drug-likeness (QED) is 0.767. The van der Waals surface area contributed by atoms with Gasteiger partial charge in [-0.3, -0.25) is 9.59 Å². The van der Waals surface area contributed by atoms with Gasteiger partial charge in [0.1, 0.15) is 0 Å². The van der Waals surface area contributed by atoms with E-state index in [0.717, 1.165) is 0 Å². The average Bonchev–Trinajstić information content (AvgIpc) is 3.02. The smallest absolute Gasteiger partial charge is 0.321 e. The first-order valence-electron chi connectivity index (χ1n) is 9.95. The molecule has 0 bridgehead atoms. The molecule has 0 unspecified atom stereocenters. The Balaban J connectivity index is 1.42. The van der Waals surface area contributed by atoms with Gasteiger partial charge in [-0.2, -0.15) is 0 Å². The number of benzene rings is 2. The number of nitrogens with one attached hydrogen (secondary N) is 2. The molecule has 0 aromatic heterocycles. The lowest BCUT2D eigenvalue weighted by atomic mass is 10.2. The monoisotopic (exact) mass is 428 g/mol. The van der Waals surface area contributed by atoms with Gasteiger partial charge >= 0.3 is 6.03 Å². The zero-order chi connectivity index (χ0) is 21.3. The number of rotatable bonds is 5. The minimum absolute atomic E-state index is 0.0247. The minimum Gasteiger partial charge on any atom is -0.352 e. The Kier molecular flexibility index (Phi) is 7.68. The van der Waals surface area contributed by atoms with E-state index < -0.39 is 0 Å². The fourth-order valence-corrected chi connectivity index (χ4v) is 3.36. The molecule has 3 rings (SSSR count). The van der Waals surface area contributed by atoms with Crippen molar-refractivity contribution >= 4 is 35.1 Å². The molecular formula is C22H25ClN4O3. The number of nitrogens with zero attached hydrogens (tertiary/aromatic N) is 2. The number of amides is 4. The maximum atomic E-state index is 12.5. The number of hydrogen-bond acceptors (Lipinski definition) is 3. The van der Waals surface area contributed by atoms with Crippen LogP contribution in [-0.4, -0.2) is 60.4 Å². The second-order valence-corrected chi connectivity index (χ2v) is 7.47. The van der Waals surface area contributed by atoms with Crippen LogP contribution in [0, 0.1) is 0 Å². The lowest BCUT2D eigenvalue weighted by molar-refractivity contribution is -0.130. The van der Waals surface area contributed by atoms with E-state index in [1.54, 1.807) is 58.3 Å². The Labute approximate surface area is 181 Å². The van der Waals surface area contributed by atoms with Crippen molar-refractivity contribution in [1.82, 2.24) is 15.1 Å². The third-order valence-electron chi connectivity index (χ3n) is 4.89. The maximum absolute atomic E-state index is 12.5. The molecule has 7 nitrogen and oxygen atoms in total. The first-order chi connectivity index (χ1) is 14.5. The molecule has 1 saturated heterocycles. The summed E-state index contributed by atoms with van der Waals surface area (Å²) < 4.78 is 0. The van der Waals surface area contributed by atoms with Gasteiger partial charge in [0.15, 0.2) is 0 Å². The van der Waals surface area contributed by atoms with Crippen molar-refractivity contribution in [3.05, 3.63) is 65.2 Å². The van der Waals surface area contributed by atoms with Crippen LogP contribution in [0.15, 0.2) is 54.6 Å². The van der Waals surface area contributed by atoms with E-state index in [9.17, 15) is 14.4 Å². The third kappa shape index (κ3) is 6.22. The van der Waals surface area contributed by atoms with Crippen molar-refractivity contribution in [2.24, 2.45) is 0 Å². The van der Waals surface area contributed by atoms with Crippen molar-refractivity contribution in [1.29, 1.82) is 0 Å². The van der Waals surface area contributed by atoms with Gasteiger partial charge in [0, 0.05) is 55.4 Å². The zero-order valence-corrected chi connectivity index (χ0v) is 17.4. The zero-order valence-electron chi connectivity index (χ0n) is 16.6. The molecule has 1 heterocycles. The predicted molar refractivity (Wildman–Crippen MR) is 117 cm³/mol. The van der Waals surface area contributed by atoms with Gasteiger partial charge in [0.2, 0.25) is 5.91 Å². The van der Waals surface area contributed by atoms with Crippen LogP contribution in [0.5, 0.6) is 0 Å². The van der Waals surface area contributed by atoms with Gasteiger partial charge in [-0.05, 0) is 42.8 Å².